The molecule has 0 aromatic heterocycles. The van der Waals surface area contributed by atoms with Crippen LogP contribution in [0.2, 0.25) is 0 Å². The first-order valence-electron chi connectivity index (χ1n) is 4.72. The van der Waals surface area contributed by atoms with Gasteiger partial charge >= 0.3 is 0 Å². The molecule has 1 nitrogen and oxygen atoms in total. The minimum absolute atomic E-state index is 0.415. The lowest BCUT2D eigenvalue weighted by Crippen LogP contribution is -2.21. The summed E-state index contributed by atoms with van der Waals surface area (Å²) >= 11 is 5.43. The van der Waals surface area contributed by atoms with Gasteiger partial charge in [0.1, 0.15) is 0 Å². The van der Waals surface area contributed by atoms with Crippen molar-refractivity contribution in [3.63, 3.8) is 0 Å². The normalized spacial score (nSPS) is 12.8. The molecular weight excluding hydrogens is 258 g/mol. The van der Waals surface area contributed by atoms with E-state index in [9.17, 15) is 0 Å². The van der Waals surface area contributed by atoms with E-state index in [0.29, 0.717) is 6.04 Å². The number of halogens is 1. The van der Waals surface area contributed by atoms with Crippen LogP contribution < -0.4 is 5.32 Å². The molecule has 0 bridgehead atoms. The van der Waals surface area contributed by atoms with E-state index in [-0.39, 0.29) is 0 Å². The molecule has 3 heteroatoms. The highest BCUT2D eigenvalue weighted by atomic mass is 79.9. The van der Waals surface area contributed by atoms with Crippen LogP contribution in [0.5, 0.6) is 0 Å². The summed E-state index contributed by atoms with van der Waals surface area (Å²) in [5, 5.41) is 3.49. The first kappa shape index (κ1) is 12.1. The van der Waals surface area contributed by atoms with Gasteiger partial charge in [-0.3, -0.25) is 0 Å². The molecule has 0 aliphatic rings. The topological polar surface area (TPSA) is 12.0 Å². The zero-order chi connectivity index (χ0) is 10.4. The number of thioether (sulfide) groups is 1. The van der Waals surface area contributed by atoms with Gasteiger partial charge in [0.2, 0.25) is 0 Å². The van der Waals surface area contributed by atoms with Crippen LogP contribution in [0.1, 0.15) is 18.5 Å². The monoisotopic (exact) mass is 273 g/mol. The maximum absolute atomic E-state index is 3.56. The maximum Gasteiger partial charge on any atom is 0.0303 e. The fraction of sp³-hybridized carbons (Fsp3) is 0.455. The number of nitrogens with one attached hydrogen (secondary N) is 1. The van der Waals surface area contributed by atoms with Gasteiger partial charge in [0.15, 0.2) is 0 Å². The molecule has 0 radical (unpaired) electrons. The largest absolute Gasteiger partial charge is 0.309 e. The Bertz CT molecular complexity index is 278. The minimum atomic E-state index is 0.415. The summed E-state index contributed by atoms with van der Waals surface area (Å²) in [6.45, 7) is 3.25. The summed E-state index contributed by atoms with van der Waals surface area (Å²) in [5.74, 6) is 1.16. The van der Waals surface area contributed by atoms with Crippen molar-refractivity contribution in [2.45, 2.75) is 13.0 Å². The van der Waals surface area contributed by atoms with Gasteiger partial charge in [0.25, 0.3) is 0 Å². The zero-order valence-electron chi connectivity index (χ0n) is 8.59. The van der Waals surface area contributed by atoms with Crippen LogP contribution in [0.3, 0.4) is 0 Å². The van der Waals surface area contributed by atoms with E-state index in [1.165, 1.54) is 10.0 Å². The molecular formula is C11H16BrNS. The van der Waals surface area contributed by atoms with Crippen LogP contribution in [-0.4, -0.2) is 18.6 Å². The predicted molar refractivity (Wildman–Crippen MR) is 68.9 cm³/mol. The molecule has 1 atom stereocenters. The van der Waals surface area contributed by atoms with Gasteiger partial charge in [0.05, 0.1) is 0 Å². The van der Waals surface area contributed by atoms with Gasteiger partial charge in [-0.25, -0.2) is 0 Å². The third kappa shape index (κ3) is 3.64. The third-order valence-corrected chi connectivity index (χ3v) is 3.46. The first-order valence-corrected chi connectivity index (χ1v) is 6.91. The van der Waals surface area contributed by atoms with E-state index in [2.05, 4.69) is 52.6 Å². The number of hydrogen-bond donors (Lipinski definition) is 1. The number of hydrogen-bond acceptors (Lipinski definition) is 2. The molecule has 0 fully saturated rings. The molecule has 0 aliphatic heterocycles. The van der Waals surface area contributed by atoms with Gasteiger partial charge < -0.3 is 5.32 Å². The second-order valence-electron chi connectivity index (χ2n) is 3.19. The molecule has 14 heavy (non-hydrogen) atoms. The van der Waals surface area contributed by atoms with Crippen molar-refractivity contribution < 1.29 is 0 Å². The molecule has 1 aromatic carbocycles. The van der Waals surface area contributed by atoms with Crippen LogP contribution in [0.15, 0.2) is 28.7 Å². The fourth-order valence-corrected chi connectivity index (χ4v) is 2.26. The standard InChI is InChI=1S/C11H16BrNS/c1-9(13-7-8-14-2)10-5-3-4-6-11(10)12/h3-6,9,13H,7-8H2,1-2H3/t9-/m1/s1. The van der Waals surface area contributed by atoms with Crippen molar-refractivity contribution in [2.24, 2.45) is 0 Å². The Labute approximate surface area is 98.8 Å². The zero-order valence-corrected chi connectivity index (χ0v) is 11.0. The molecule has 0 unspecified atom stereocenters. The summed E-state index contributed by atoms with van der Waals surface area (Å²) in [6.07, 6.45) is 2.13. The smallest absolute Gasteiger partial charge is 0.0303 e. The highest BCUT2D eigenvalue weighted by molar-refractivity contribution is 9.10. The summed E-state index contributed by atoms with van der Waals surface area (Å²) in [4.78, 5) is 0. The predicted octanol–water partition coefficient (Wildman–Crippen LogP) is 3.46. The van der Waals surface area contributed by atoms with E-state index < -0.39 is 0 Å². The van der Waals surface area contributed by atoms with Crippen LogP contribution in [-0.2, 0) is 0 Å². The Balaban J connectivity index is 2.51. The van der Waals surface area contributed by atoms with Crippen molar-refractivity contribution in [3.8, 4) is 0 Å². The average molecular weight is 274 g/mol. The Morgan fingerprint density at radius 1 is 1.43 bits per heavy atom. The summed E-state index contributed by atoms with van der Waals surface area (Å²) in [7, 11) is 0. The van der Waals surface area contributed by atoms with Gasteiger partial charge in [0, 0.05) is 22.8 Å². The lowest BCUT2D eigenvalue weighted by atomic mass is 10.1. The van der Waals surface area contributed by atoms with Crippen molar-refractivity contribution in [1.82, 2.24) is 5.32 Å². The minimum Gasteiger partial charge on any atom is -0.309 e. The molecule has 0 aliphatic carbocycles. The highest BCUT2D eigenvalue weighted by Crippen LogP contribution is 2.22. The lowest BCUT2D eigenvalue weighted by molar-refractivity contribution is 0.599. The molecule has 78 valence electrons. The maximum atomic E-state index is 3.56. The molecule has 1 aromatic rings. The average Bonchev–Trinajstić information content (AvgIpc) is 2.18. The van der Waals surface area contributed by atoms with E-state index in [0.717, 1.165) is 12.3 Å². The Morgan fingerprint density at radius 3 is 2.79 bits per heavy atom. The number of benzene rings is 1. The third-order valence-electron chi connectivity index (χ3n) is 2.13. The van der Waals surface area contributed by atoms with Gasteiger partial charge in [-0.05, 0) is 24.8 Å². The van der Waals surface area contributed by atoms with E-state index in [1.54, 1.807) is 0 Å². The molecule has 0 saturated heterocycles. The Morgan fingerprint density at radius 2 is 2.14 bits per heavy atom. The molecule has 1 rings (SSSR count). The summed E-state index contributed by atoms with van der Waals surface area (Å²) in [5.41, 5.74) is 1.33. The highest BCUT2D eigenvalue weighted by Gasteiger charge is 2.06. The van der Waals surface area contributed by atoms with E-state index in [1.807, 2.05) is 17.8 Å². The van der Waals surface area contributed by atoms with Crippen molar-refractivity contribution in [1.29, 1.82) is 0 Å². The molecule has 1 N–H and O–H groups in total. The molecule has 0 heterocycles. The van der Waals surface area contributed by atoms with Crippen LogP contribution in [0, 0.1) is 0 Å². The van der Waals surface area contributed by atoms with Gasteiger partial charge in [-0.15, -0.1) is 0 Å². The van der Waals surface area contributed by atoms with Gasteiger partial charge in [-0.1, -0.05) is 34.1 Å². The fourth-order valence-electron chi connectivity index (χ4n) is 1.31. The second-order valence-corrected chi connectivity index (χ2v) is 5.03. The van der Waals surface area contributed by atoms with Crippen LogP contribution in [0.4, 0.5) is 0 Å². The van der Waals surface area contributed by atoms with Crippen LogP contribution >= 0.6 is 27.7 Å². The Kier molecular flexibility index (Phi) is 5.60. The molecule has 0 amide bonds. The summed E-state index contributed by atoms with van der Waals surface area (Å²) < 4.78 is 1.18. The SMILES string of the molecule is CSCCN[C@H](C)c1ccccc1Br. The molecule has 0 spiro atoms. The van der Waals surface area contributed by atoms with E-state index in [4.69, 9.17) is 0 Å². The molecule has 0 saturated carbocycles. The van der Waals surface area contributed by atoms with Crippen molar-refractivity contribution >= 4 is 27.7 Å². The quantitative estimate of drug-likeness (QED) is 0.825. The van der Waals surface area contributed by atoms with Crippen molar-refractivity contribution in [3.05, 3.63) is 34.3 Å². The second kappa shape index (κ2) is 6.49. The van der Waals surface area contributed by atoms with E-state index >= 15 is 0 Å². The number of rotatable bonds is 5. The first-order chi connectivity index (χ1) is 6.75. The van der Waals surface area contributed by atoms with Crippen LogP contribution in [0.25, 0.3) is 0 Å². The van der Waals surface area contributed by atoms with Gasteiger partial charge in [-0.2, -0.15) is 11.8 Å². The summed E-state index contributed by atoms with van der Waals surface area (Å²) in [6, 6.07) is 8.77. The lowest BCUT2D eigenvalue weighted by Gasteiger charge is -2.15. The Hall–Kier alpha value is 0.01000. The van der Waals surface area contributed by atoms with Crippen molar-refractivity contribution in [2.75, 3.05) is 18.6 Å².